The Labute approximate surface area is 134 Å². The maximum atomic E-state index is 11.5. The van der Waals surface area contributed by atoms with Crippen LogP contribution in [0.25, 0.3) is 0 Å². The standard InChI is InChI=1S/C17H16ClNO3/c1-12-7-3-6-10-15(12)22-11-13-8-4-5-9-14(13)16(17(18)20)19-21-2/h3-10H,11H2,1-2H3/b19-16+. The highest BCUT2D eigenvalue weighted by Gasteiger charge is 2.16. The van der Waals surface area contributed by atoms with Crippen molar-refractivity contribution in [1.29, 1.82) is 0 Å². The highest BCUT2D eigenvalue weighted by atomic mass is 35.5. The molecule has 2 aromatic carbocycles. The molecule has 0 amide bonds. The van der Waals surface area contributed by atoms with Gasteiger partial charge in [0.05, 0.1) is 0 Å². The first-order chi connectivity index (χ1) is 10.6. The maximum absolute atomic E-state index is 11.5. The number of rotatable bonds is 6. The molecule has 0 unspecified atom stereocenters. The van der Waals surface area contributed by atoms with Crippen LogP contribution in [0.4, 0.5) is 0 Å². The van der Waals surface area contributed by atoms with Crippen LogP contribution in [0.5, 0.6) is 5.75 Å². The molecule has 0 atom stereocenters. The molecule has 22 heavy (non-hydrogen) atoms. The quantitative estimate of drug-likeness (QED) is 0.464. The van der Waals surface area contributed by atoms with Gasteiger partial charge in [0.1, 0.15) is 19.5 Å². The zero-order chi connectivity index (χ0) is 15.9. The third-order valence-corrected chi connectivity index (χ3v) is 3.30. The second kappa shape index (κ2) is 7.61. The van der Waals surface area contributed by atoms with Gasteiger partial charge in [0, 0.05) is 5.56 Å². The van der Waals surface area contributed by atoms with E-state index in [4.69, 9.17) is 21.2 Å². The molecule has 5 heteroatoms. The van der Waals surface area contributed by atoms with E-state index in [-0.39, 0.29) is 5.71 Å². The minimum atomic E-state index is -0.676. The molecule has 114 valence electrons. The molecule has 0 saturated carbocycles. The maximum Gasteiger partial charge on any atom is 0.274 e. The van der Waals surface area contributed by atoms with Crippen molar-refractivity contribution in [1.82, 2.24) is 0 Å². The minimum absolute atomic E-state index is 0.0631. The van der Waals surface area contributed by atoms with Gasteiger partial charge in [-0.05, 0) is 35.7 Å². The highest BCUT2D eigenvalue weighted by molar-refractivity contribution is 6.84. The number of ether oxygens (including phenoxy) is 1. The van der Waals surface area contributed by atoms with E-state index in [0.717, 1.165) is 16.9 Å². The summed E-state index contributed by atoms with van der Waals surface area (Å²) in [5.74, 6) is 0.791. The van der Waals surface area contributed by atoms with E-state index in [0.29, 0.717) is 12.2 Å². The summed E-state index contributed by atoms with van der Waals surface area (Å²) in [6.07, 6.45) is 0. The summed E-state index contributed by atoms with van der Waals surface area (Å²) >= 11 is 5.58. The van der Waals surface area contributed by atoms with Crippen LogP contribution in [0.2, 0.25) is 0 Å². The lowest BCUT2D eigenvalue weighted by Gasteiger charge is -2.12. The lowest BCUT2D eigenvalue weighted by atomic mass is 10.0. The molecule has 0 aliphatic carbocycles. The molecule has 0 radical (unpaired) electrons. The van der Waals surface area contributed by atoms with E-state index in [1.54, 1.807) is 12.1 Å². The van der Waals surface area contributed by atoms with Crippen LogP contribution in [-0.4, -0.2) is 18.1 Å². The van der Waals surface area contributed by atoms with Gasteiger partial charge in [0.2, 0.25) is 0 Å². The van der Waals surface area contributed by atoms with Gasteiger partial charge < -0.3 is 9.57 Å². The second-order valence-electron chi connectivity index (χ2n) is 4.61. The molecular weight excluding hydrogens is 302 g/mol. The summed E-state index contributed by atoms with van der Waals surface area (Å²) in [5.41, 5.74) is 2.50. The predicted octanol–water partition coefficient (Wildman–Crippen LogP) is 3.69. The molecule has 0 saturated heterocycles. The average Bonchev–Trinajstić information content (AvgIpc) is 2.52. The molecule has 0 fully saturated rings. The van der Waals surface area contributed by atoms with Crippen molar-refractivity contribution in [3.63, 3.8) is 0 Å². The van der Waals surface area contributed by atoms with Crippen molar-refractivity contribution in [3.8, 4) is 5.75 Å². The fourth-order valence-electron chi connectivity index (χ4n) is 2.03. The van der Waals surface area contributed by atoms with Gasteiger partial charge in [-0.3, -0.25) is 4.79 Å². The summed E-state index contributed by atoms with van der Waals surface area (Å²) in [4.78, 5) is 16.2. The van der Waals surface area contributed by atoms with Crippen LogP contribution in [0, 0.1) is 6.92 Å². The largest absolute Gasteiger partial charge is 0.489 e. The molecule has 0 aliphatic heterocycles. The molecule has 0 bridgehead atoms. The second-order valence-corrected chi connectivity index (χ2v) is 4.95. The van der Waals surface area contributed by atoms with Crippen LogP contribution < -0.4 is 4.74 Å². The van der Waals surface area contributed by atoms with E-state index >= 15 is 0 Å². The van der Waals surface area contributed by atoms with Gasteiger partial charge in [0.25, 0.3) is 5.24 Å². The van der Waals surface area contributed by atoms with Gasteiger partial charge in [-0.25, -0.2) is 0 Å². The number of nitrogens with zero attached hydrogens (tertiary/aromatic N) is 1. The lowest BCUT2D eigenvalue weighted by molar-refractivity contribution is -0.106. The number of oxime groups is 1. The minimum Gasteiger partial charge on any atom is -0.489 e. The Morgan fingerprint density at radius 1 is 1.14 bits per heavy atom. The van der Waals surface area contributed by atoms with Crippen LogP contribution >= 0.6 is 11.6 Å². The molecule has 0 spiro atoms. The number of halogens is 1. The van der Waals surface area contributed by atoms with Gasteiger partial charge in [-0.2, -0.15) is 0 Å². The monoisotopic (exact) mass is 317 g/mol. The first-order valence-electron chi connectivity index (χ1n) is 6.71. The Bertz CT molecular complexity index is 698. The third kappa shape index (κ3) is 3.86. The molecule has 2 rings (SSSR count). The summed E-state index contributed by atoms with van der Waals surface area (Å²) in [5, 5.41) is 3.03. The number of benzene rings is 2. The van der Waals surface area contributed by atoms with E-state index in [9.17, 15) is 4.79 Å². The van der Waals surface area contributed by atoms with Crippen molar-refractivity contribution in [2.24, 2.45) is 5.16 Å². The molecular formula is C17H16ClNO3. The molecule has 4 nitrogen and oxygen atoms in total. The summed E-state index contributed by atoms with van der Waals surface area (Å²) in [6.45, 7) is 2.27. The van der Waals surface area contributed by atoms with Crippen molar-refractivity contribution in [2.75, 3.05) is 7.11 Å². The summed E-state index contributed by atoms with van der Waals surface area (Å²) in [6, 6.07) is 15.0. The Morgan fingerprint density at radius 2 is 1.82 bits per heavy atom. The number of carbonyl (C=O) groups excluding carboxylic acids is 1. The van der Waals surface area contributed by atoms with Crippen molar-refractivity contribution in [2.45, 2.75) is 13.5 Å². The molecule has 0 aliphatic rings. The SMILES string of the molecule is CO/N=C(/C(=O)Cl)c1ccccc1COc1ccccc1C. The third-order valence-electron chi connectivity index (χ3n) is 3.12. The zero-order valence-corrected chi connectivity index (χ0v) is 13.1. The molecule has 0 N–H and O–H groups in total. The van der Waals surface area contributed by atoms with E-state index in [1.807, 2.05) is 43.3 Å². The summed E-state index contributed by atoms with van der Waals surface area (Å²) in [7, 11) is 1.37. The lowest BCUT2D eigenvalue weighted by Crippen LogP contribution is -2.14. The predicted molar refractivity (Wildman–Crippen MR) is 86.4 cm³/mol. The van der Waals surface area contributed by atoms with E-state index in [1.165, 1.54) is 7.11 Å². The zero-order valence-electron chi connectivity index (χ0n) is 12.4. The highest BCUT2D eigenvalue weighted by Crippen LogP contribution is 2.20. The van der Waals surface area contributed by atoms with Crippen molar-refractivity contribution in [3.05, 3.63) is 65.2 Å². The van der Waals surface area contributed by atoms with Gasteiger partial charge in [-0.1, -0.05) is 47.6 Å². The van der Waals surface area contributed by atoms with Gasteiger partial charge in [-0.15, -0.1) is 0 Å². The van der Waals surface area contributed by atoms with E-state index < -0.39 is 5.24 Å². The normalized spacial score (nSPS) is 11.1. The van der Waals surface area contributed by atoms with Gasteiger partial charge in [0.15, 0.2) is 5.71 Å². The Kier molecular flexibility index (Phi) is 5.55. The van der Waals surface area contributed by atoms with Crippen LogP contribution in [-0.2, 0) is 16.2 Å². The fraction of sp³-hybridized carbons (Fsp3) is 0.176. The number of carbonyl (C=O) groups is 1. The number of para-hydroxylation sites is 1. The topological polar surface area (TPSA) is 47.9 Å². The van der Waals surface area contributed by atoms with Crippen LogP contribution in [0.15, 0.2) is 53.7 Å². The summed E-state index contributed by atoms with van der Waals surface area (Å²) < 4.78 is 5.82. The number of aryl methyl sites for hydroxylation is 1. The first-order valence-corrected chi connectivity index (χ1v) is 7.09. The number of hydrogen-bond donors (Lipinski definition) is 0. The smallest absolute Gasteiger partial charge is 0.274 e. The number of hydrogen-bond acceptors (Lipinski definition) is 4. The first kappa shape index (κ1) is 16.0. The van der Waals surface area contributed by atoms with Crippen molar-refractivity contribution < 1.29 is 14.4 Å². The van der Waals surface area contributed by atoms with Crippen molar-refractivity contribution >= 4 is 22.6 Å². The molecule has 0 aromatic heterocycles. The fourth-order valence-corrected chi connectivity index (χ4v) is 2.17. The Morgan fingerprint density at radius 3 is 2.50 bits per heavy atom. The molecule has 2 aromatic rings. The van der Waals surface area contributed by atoms with Gasteiger partial charge >= 0.3 is 0 Å². The Hall–Kier alpha value is -2.33. The van der Waals surface area contributed by atoms with Crippen LogP contribution in [0.1, 0.15) is 16.7 Å². The van der Waals surface area contributed by atoms with E-state index in [2.05, 4.69) is 5.16 Å². The molecule has 0 heterocycles. The average molecular weight is 318 g/mol. The Balaban J connectivity index is 2.27. The van der Waals surface area contributed by atoms with Crippen LogP contribution in [0.3, 0.4) is 0 Å².